The minimum absolute atomic E-state index is 0.311. The molecular formula is C10H17NOS. The van der Waals surface area contributed by atoms with Gasteiger partial charge < -0.3 is 10.2 Å². The van der Waals surface area contributed by atoms with Gasteiger partial charge in [-0.2, -0.15) is 11.8 Å². The Bertz CT molecular complexity index is 245. The molecule has 1 rings (SSSR count). The average molecular weight is 199 g/mol. The molecule has 13 heavy (non-hydrogen) atoms. The van der Waals surface area contributed by atoms with Crippen LogP contribution < -0.4 is 5.73 Å². The molecule has 0 aliphatic carbocycles. The molecule has 0 aliphatic rings. The van der Waals surface area contributed by atoms with Crippen LogP contribution in [-0.2, 0) is 5.75 Å². The molecule has 1 atom stereocenters. The zero-order chi connectivity index (χ0) is 9.68. The molecule has 0 spiro atoms. The summed E-state index contributed by atoms with van der Waals surface area (Å²) in [6.45, 7) is 4.01. The van der Waals surface area contributed by atoms with Gasteiger partial charge in [-0.15, -0.1) is 0 Å². The quantitative estimate of drug-likeness (QED) is 0.741. The third-order valence-corrected chi connectivity index (χ3v) is 2.77. The molecule has 0 aliphatic heterocycles. The Kier molecular flexibility index (Phi) is 4.39. The van der Waals surface area contributed by atoms with Crippen LogP contribution in [0, 0.1) is 6.92 Å². The molecule has 0 amide bonds. The summed E-state index contributed by atoms with van der Waals surface area (Å²) in [7, 11) is 0. The summed E-state index contributed by atoms with van der Waals surface area (Å²) >= 11 is 1.87. The Morgan fingerprint density at radius 3 is 2.85 bits per heavy atom. The van der Waals surface area contributed by atoms with Gasteiger partial charge in [-0.3, -0.25) is 0 Å². The standard InChI is InChI=1S/C10H17NOS/c1-8(11)5-6-13-7-10-4-3-9(2)12-10/h3-4,8H,5-7,11H2,1-2H3. The molecule has 0 bridgehead atoms. The number of furan rings is 1. The van der Waals surface area contributed by atoms with Crippen molar-refractivity contribution in [3.05, 3.63) is 23.7 Å². The van der Waals surface area contributed by atoms with Gasteiger partial charge in [-0.05, 0) is 38.2 Å². The van der Waals surface area contributed by atoms with Crippen LogP contribution in [0.3, 0.4) is 0 Å². The smallest absolute Gasteiger partial charge is 0.114 e. The fourth-order valence-electron chi connectivity index (χ4n) is 1.00. The minimum Gasteiger partial charge on any atom is -0.466 e. The Hall–Kier alpha value is -0.410. The van der Waals surface area contributed by atoms with Crippen molar-refractivity contribution in [3.8, 4) is 0 Å². The second-order valence-corrected chi connectivity index (χ2v) is 4.44. The van der Waals surface area contributed by atoms with Crippen molar-refractivity contribution in [1.29, 1.82) is 0 Å². The summed E-state index contributed by atoms with van der Waals surface area (Å²) in [5, 5.41) is 0. The maximum absolute atomic E-state index is 5.64. The van der Waals surface area contributed by atoms with E-state index in [0.29, 0.717) is 6.04 Å². The summed E-state index contributed by atoms with van der Waals surface area (Å²) in [6.07, 6.45) is 1.07. The molecule has 0 saturated carbocycles. The lowest BCUT2D eigenvalue weighted by atomic mass is 10.3. The number of nitrogens with two attached hydrogens (primary N) is 1. The highest BCUT2D eigenvalue weighted by molar-refractivity contribution is 7.98. The highest BCUT2D eigenvalue weighted by atomic mass is 32.2. The van der Waals surface area contributed by atoms with Gasteiger partial charge in [0.1, 0.15) is 11.5 Å². The molecule has 1 unspecified atom stereocenters. The minimum atomic E-state index is 0.311. The lowest BCUT2D eigenvalue weighted by molar-refractivity contribution is 0.501. The van der Waals surface area contributed by atoms with Crippen LogP contribution in [0.4, 0.5) is 0 Å². The van der Waals surface area contributed by atoms with Crippen molar-refractivity contribution < 1.29 is 4.42 Å². The van der Waals surface area contributed by atoms with Crippen molar-refractivity contribution in [2.24, 2.45) is 5.73 Å². The number of aryl methyl sites for hydroxylation is 1. The first-order valence-corrected chi connectivity index (χ1v) is 5.72. The van der Waals surface area contributed by atoms with E-state index < -0.39 is 0 Å². The number of thioether (sulfide) groups is 1. The lowest BCUT2D eigenvalue weighted by Crippen LogP contribution is -2.15. The van der Waals surface area contributed by atoms with E-state index >= 15 is 0 Å². The fourth-order valence-corrected chi connectivity index (χ4v) is 2.04. The molecule has 1 aromatic rings. The lowest BCUT2D eigenvalue weighted by Gasteiger charge is -2.02. The fraction of sp³-hybridized carbons (Fsp3) is 0.600. The summed E-state index contributed by atoms with van der Waals surface area (Å²) in [5.41, 5.74) is 5.64. The zero-order valence-electron chi connectivity index (χ0n) is 8.25. The highest BCUT2D eigenvalue weighted by Gasteiger charge is 1.99. The first-order chi connectivity index (χ1) is 6.18. The number of hydrogen-bond donors (Lipinski definition) is 1. The van der Waals surface area contributed by atoms with E-state index in [-0.39, 0.29) is 0 Å². The first kappa shape index (κ1) is 10.7. The summed E-state index contributed by atoms with van der Waals surface area (Å²) in [5.74, 6) is 4.12. The molecule has 3 heteroatoms. The Balaban J connectivity index is 2.13. The molecule has 0 aromatic carbocycles. The Morgan fingerprint density at radius 1 is 1.54 bits per heavy atom. The Labute approximate surface area is 83.9 Å². The first-order valence-electron chi connectivity index (χ1n) is 4.57. The van der Waals surface area contributed by atoms with Gasteiger partial charge in [0.15, 0.2) is 0 Å². The molecule has 0 saturated heterocycles. The SMILES string of the molecule is Cc1ccc(CSCCC(C)N)o1. The van der Waals surface area contributed by atoms with E-state index in [4.69, 9.17) is 10.2 Å². The van der Waals surface area contributed by atoms with Crippen LogP contribution in [0.1, 0.15) is 24.9 Å². The van der Waals surface area contributed by atoms with Crippen molar-refractivity contribution in [3.63, 3.8) is 0 Å². The maximum Gasteiger partial charge on any atom is 0.114 e. The van der Waals surface area contributed by atoms with Crippen molar-refractivity contribution in [1.82, 2.24) is 0 Å². The molecule has 1 heterocycles. The van der Waals surface area contributed by atoms with Crippen LogP contribution in [0.2, 0.25) is 0 Å². The molecule has 74 valence electrons. The van der Waals surface area contributed by atoms with E-state index in [9.17, 15) is 0 Å². The molecule has 0 radical (unpaired) electrons. The summed E-state index contributed by atoms with van der Waals surface area (Å²) < 4.78 is 5.44. The van der Waals surface area contributed by atoms with E-state index in [1.54, 1.807) is 0 Å². The van der Waals surface area contributed by atoms with Crippen LogP contribution >= 0.6 is 11.8 Å². The van der Waals surface area contributed by atoms with Gasteiger partial charge in [-0.1, -0.05) is 0 Å². The van der Waals surface area contributed by atoms with Gasteiger partial charge in [-0.25, -0.2) is 0 Å². The van der Waals surface area contributed by atoms with Crippen LogP contribution in [0.15, 0.2) is 16.5 Å². The third kappa shape index (κ3) is 4.39. The van der Waals surface area contributed by atoms with Crippen molar-refractivity contribution >= 4 is 11.8 Å². The van der Waals surface area contributed by atoms with Gasteiger partial charge in [0.05, 0.1) is 5.75 Å². The average Bonchev–Trinajstić information content (AvgIpc) is 2.45. The van der Waals surface area contributed by atoms with Crippen LogP contribution in [0.25, 0.3) is 0 Å². The summed E-state index contributed by atoms with van der Waals surface area (Å²) in [6, 6.07) is 4.35. The molecular weight excluding hydrogens is 182 g/mol. The molecule has 2 N–H and O–H groups in total. The molecule has 0 fully saturated rings. The van der Waals surface area contributed by atoms with Gasteiger partial charge in [0.25, 0.3) is 0 Å². The van der Waals surface area contributed by atoms with E-state index in [1.807, 2.05) is 37.7 Å². The van der Waals surface area contributed by atoms with Crippen molar-refractivity contribution in [2.75, 3.05) is 5.75 Å². The third-order valence-electron chi connectivity index (χ3n) is 1.76. The normalized spacial score (nSPS) is 13.2. The summed E-state index contributed by atoms with van der Waals surface area (Å²) in [4.78, 5) is 0. The number of hydrogen-bond acceptors (Lipinski definition) is 3. The van der Waals surface area contributed by atoms with Crippen LogP contribution in [0.5, 0.6) is 0 Å². The predicted molar refractivity (Wildman–Crippen MR) is 57.9 cm³/mol. The topological polar surface area (TPSA) is 39.2 Å². The van der Waals surface area contributed by atoms with E-state index in [1.165, 1.54) is 0 Å². The monoisotopic (exact) mass is 199 g/mol. The van der Waals surface area contributed by atoms with Gasteiger partial charge >= 0.3 is 0 Å². The van der Waals surface area contributed by atoms with Crippen LogP contribution in [-0.4, -0.2) is 11.8 Å². The highest BCUT2D eigenvalue weighted by Crippen LogP contribution is 2.15. The predicted octanol–water partition coefficient (Wildman–Crippen LogP) is 2.56. The molecule has 1 aromatic heterocycles. The molecule has 2 nitrogen and oxygen atoms in total. The van der Waals surface area contributed by atoms with Crippen molar-refractivity contribution in [2.45, 2.75) is 32.1 Å². The second-order valence-electron chi connectivity index (χ2n) is 3.33. The maximum atomic E-state index is 5.64. The Morgan fingerprint density at radius 2 is 2.31 bits per heavy atom. The van der Waals surface area contributed by atoms with Gasteiger partial charge in [0, 0.05) is 6.04 Å². The second kappa shape index (κ2) is 5.35. The van der Waals surface area contributed by atoms with E-state index in [0.717, 1.165) is 29.4 Å². The van der Waals surface area contributed by atoms with E-state index in [2.05, 4.69) is 0 Å². The zero-order valence-corrected chi connectivity index (χ0v) is 9.06. The largest absolute Gasteiger partial charge is 0.466 e. The number of rotatable bonds is 5. The van der Waals surface area contributed by atoms with Gasteiger partial charge in [0.2, 0.25) is 0 Å².